The molecular formula is C72H50N2. The van der Waals surface area contributed by atoms with Crippen molar-refractivity contribution in [3.8, 4) is 83.6 Å². The van der Waals surface area contributed by atoms with Gasteiger partial charge >= 0.3 is 0 Å². The monoisotopic (exact) mass is 942 g/mol. The van der Waals surface area contributed by atoms with Gasteiger partial charge in [0.1, 0.15) is 0 Å². The Labute approximate surface area is 433 Å². The van der Waals surface area contributed by atoms with Gasteiger partial charge in [-0.1, -0.05) is 224 Å². The maximum absolute atomic E-state index is 2.45. The van der Waals surface area contributed by atoms with E-state index in [1.165, 1.54) is 94.1 Å². The topological polar surface area (TPSA) is 8.17 Å². The van der Waals surface area contributed by atoms with E-state index < -0.39 is 0 Å². The molecule has 348 valence electrons. The molecule has 0 aliphatic heterocycles. The first kappa shape index (κ1) is 44.2. The van der Waals surface area contributed by atoms with E-state index in [1.807, 2.05) is 0 Å². The summed E-state index contributed by atoms with van der Waals surface area (Å²) in [5, 5.41) is 2.44. The lowest BCUT2D eigenvalue weighted by Crippen LogP contribution is -2.09. The Kier molecular flexibility index (Phi) is 11.6. The van der Waals surface area contributed by atoms with Crippen molar-refractivity contribution in [2.45, 2.75) is 0 Å². The molecule has 0 saturated heterocycles. The smallest absolute Gasteiger partial charge is 0.0541 e. The first-order valence-electron chi connectivity index (χ1n) is 25.4. The molecule has 12 aromatic carbocycles. The van der Waals surface area contributed by atoms with Gasteiger partial charge < -0.3 is 9.47 Å². The first-order valence-corrected chi connectivity index (χ1v) is 25.4. The fourth-order valence-electron chi connectivity index (χ4n) is 10.7. The molecule has 0 aliphatic carbocycles. The van der Waals surface area contributed by atoms with E-state index in [1.54, 1.807) is 0 Å². The number of rotatable bonds is 11. The lowest BCUT2D eigenvalue weighted by atomic mass is 9.93. The molecule has 13 rings (SSSR count). The van der Waals surface area contributed by atoms with E-state index in [0.717, 1.165) is 28.3 Å². The number of fused-ring (bicyclic) bond motifs is 3. The quantitative estimate of drug-likeness (QED) is 0.125. The zero-order valence-corrected chi connectivity index (χ0v) is 40.8. The van der Waals surface area contributed by atoms with Gasteiger partial charge in [-0.15, -0.1) is 0 Å². The predicted octanol–water partition coefficient (Wildman–Crippen LogP) is 19.9. The van der Waals surface area contributed by atoms with Crippen LogP contribution in [0.5, 0.6) is 0 Å². The average molecular weight is 943 g/mol. The van der Waals surface area contributed by atoms with E-state index in [-0.39, 0.29) is 0 Å². The van der Waals surface area contributed by atoms with Crippen molar-refractivity contribution in [1.29, 1.82) is 0 Å². The van der Waals surface area contributed by atoms with E-state index in [0.29, 0.717) is 0 Å². The predicted molar refractivity (Wildman–Crippen MR) is 314 cm³/mol. The Balaban J connectivity index is 0.867. The number of anilines is 3. The van der Waals surface area contributed by atoms with Crippen LogP contribution in [0.1, 0.15) is 0 Å². The number of hydrogen-bond acceptors (Lipinski definition) is 1. The Hall–Kier alpha value is -9.76. The van der Waals surface area contributed by atoms with Crippen molar-refractivity contribution in [2.75, 3.05) is 4.90 Å². The van der Waals surface area contributed by atoms with Gasteiger partial charge in [-0.05, 0) is 157 Å². The molecule has 0 N–H and O–H groups in total. The summed E-state index contributed by atoms with van der Waals surface area (Å²) < 4.78 is 2.45. The Morgan fingerprint density at radius 1 is 0.203 bits per heavy atom. The van der Waals surface area contributed by atoms with E-state index in [2.05, 4.69) is 313 Å². The number of hydrogen-bond donors (Lipinski definition) is 0. The van der Waals surface area contributed by atoms with Crippen molar-refractivity contribution in [1.82, 2.24) is 4.57 Å². The average Bonchev–Trinajstić information content (AvgIpc) is 3.85. The third-order valence-electron chi connectivity index (χ3n) is 14.4. The molecule has 0 amide bonds. The van der Waals surface area contributed by atoms with Gasteiger partial charge in [-0.25, -0.2) is 0 Å². The molecule has 0 atom stereocenters. The van der Waals surface area contributed by atoms with E-state index in [9.17, 15) is 0 Å². The minimum Gasteiger partial charge on any atom is -0.310 e. The number of benzene rings is 12. The van der Waals surface area contributed by atoms with Gasteiger partial charge in [0.05, 0.1) is 11.0 Å². The lowest BCUT2D eigenvalue weighted by molar-refractivity contribution is 1.18. The Bertz CT molecular complexity index is 4080. The normalized spacial score (nSPS) is 11.2. The summed E-state index contributed by atoms with van der Waals surface area (Å²) in [6, 6.07) is 110. The van der Waals surface area contributed by atoms with Gasteiger partial charge in [0, 0.05) is 33.5 Å². The molecule has 2 heteroatoms. The highest BCUT2D eigenvalue weighted by molar-refractivity contribution is 6.11. The molecule has 0 radical (unpaired) electrons. The zero-order chi connectivity index (χ0) is 49.2. The van der Waals surface area contributed by atoms with Crippen molar-refractivity contribution in [3.05, 3.63) is 303 Å². The molecule has 0 saturated carbocycles. The molecule has 0 spiro atoms. The molecule has 2 nitrogen and oxygen atoms in total. The third-order valence-corrected chi connectivity index (χ3v) is 14.4. The van der Waals surface area contributed by atoms with Crippen molar-refractivity contribution >= 4 is 38.9 Å². The van der Waals surface area contributed by atoms with E-state index >= 15 is 0 Å². The molecule has 13 aromatic rings. The molecule has 74 heavy (non-hydrogen) atoms. The van der Waals surface area contributed by atoms with Gasteiger partial charge in [-0.3, -0.25) is 0 Å². The molecule has 0 fully saturated rings. The number of para-hydroxylation sites is 2. The van der Waals surface area contributed by atoms with Gasteiger partial charge in [-0.2, -0.15) is 0 Å². The van der Waals surface area contributed by atoms with E-state index in [4.69, 9.17) is 0 Å². The van der Waals surface area contributed by atoms with Gasteiger partial charge in [0.25, 0.3) is 0 Å². The largest absolute Gasteiger partial charge is 0.310 e. The second-order valence-electron chi connectivity index (χ2n) is 18.9. The zero-order valence-electron chi connectivity index (χ0n) is 40.8. The molecule has 0 aliphatic rings. The summed E-state index contributed by atoms with van der Waals surface area (Å²) >= 11 is 0. The van der Waals surface area contributed by atoms with Crippen LogP contribution in [0.4, 0.5) is 17.1 Å². The second kappa shape index (κ2) is 19.4. The van der Waals surface area contributed by atoms with Crippen molar-refractivity contribution < 1.29 is 0 Å². The van der Waals surface area contributed by atoms with Crippen LogP contribution in [0.3, 0.4) is 0 Å². The fourth-order valence-corrected chi connectivity index (χ4v) is 10.7. The van der Waals surface area contributed by atoms with Crippen molar-refractivity contribution in [2.24, 2.45) is 0 Å². The van der Waals surface area contributed by atoms with Crippen molar-refractivity contribution in [3.63, 3.8) is 0 Å². The second-order valence-corrected chi connectivity index (χ2v) is 18.9. The van der Waals surface area contributed by atoms with Gasteiger partial charge in [0.15, 0.2) is 0 Å². The maximum atomic E-state index is 2.45. The van der Waals surface area contributed by atoms with Crippen LogP contribution in [-0.4, -0.2) is 4.57 Å². The van der Waals surface area contributed by atoms with Crippen LogP contribution in [0, 0.1) is 0 Å². The summed E-state index contributed by atoms with van der Waals surface area (Å²) in [7, 11) is 0. The molecule has 0 unspecified atom stereocenters. The fraction of sp³-hybridized carbons (Fsp3) is 0. The van der Waals surface area contributed by atoms with Crippen LogP contribution in [0.2, 0.25) is 0 Å². The van der Waals surface area contributed by atoms with Crippen LogP contribution in [0.15, 0.2) is 303 Å². The molecular weight excluding hydrogens is 893 g/mol. The Morgan fingerprint density at radius 2 is 0.595 bits per heavy atom. The number of aromatic nitrogens is 1. The van der Waals surface area contributed by atoms with Crippen LogP contribution in [0.25, 0.3) is 105 Å². The first-order chi connectivity index (χ1) is 36.7. The SMILES string of the molecule is c1ccc(-c2ccc(-c3cccc(N(c4ccccc4)c4ccc(-c5ccccc5-c5ccc6c(c5)c5ccccc5n6-c5cc(-c6ccccc6)cc(-c6cccc(-c7ccccc7)c6)c5)cc4)c3)cc2)cc1. The summed E-state index contributed by atoms with van der Waals surface area (Å²) in [5.74, 6) is 0. The standard InChI is InChI=1S/C72H50N2/c1-5-19-51(20-6-1)54-35-37-55(38-36-54)59-27-18-30-65(47-59)73(63-28-11-4-12-29-63)64-42-39-56(40-43-64)67-31-13-14-32-68(67)60-41-44-72-70(50-60)69-33-15-16-34-71(69)74(72)66-48-61(53-23-9-3-10-24-53)46-62(49-66)58-26-17-25-57(45-58)52-21-7-2-8-22-52/h1-50H. The highest BCUT2D eigenvalue weighted by Gasteiger charge is 2.19. The lowest BCUT2D eigenvalue weighted by Gasteiger charge is -2.26. The highest BCUT2D eigenvalue weighted by Crippen LogP contribution is 2.42. The van der Waals surface area contributed by atoms with Gasteiger partial charge in [0.2, 0.25) is 0 Å². The van der Waals surface area contributed by atoms with Crippen LogP contribution in [-0.2, 0) is 0 Å². The summed E-state index contributed by atoms with van der Waals surface area (Å²) in [6.45, 7) is 0. The summed E-state index contributed by atoms with van der Waals surface area (Å²) in [6.07, 6.45) is 0. The Morgan fingerprint density at radius 3 is 1.26 bits per heavy atom. The minimum atomic E-state index is 1.09. The summed E-state index contributed by atoms with van der Waals surface area (Å²) in [5.41, 5.74) is 23.4. The number of nitrogens with zero attached hydrogens (tertiary/aromatic N) is 2. The maximum Gasteiger partial charge on any atom is 0.0541 e. The van der Waals surface area contributed by atoms with Crippen LogP contribution >= 0.6 is 0 Å². The third kappa shape index (κ3) is 8.55. The van der Waals surface area contributed by atoms with Crippen LogP contribution < -0.4 is 4.90 Å². The molecule has 0 bridgehead atoms. The molecule has 1 heterocycles. The molecule has 1 aromatic heterocycles. The highest BCUT2D eigenvalue weighted by atomic mass is 15.1. The minimum absolute atomic E-state index is 1.09. The summed E-state index contributed by atoms with van der Waals surface area (Å²) in [4.78, 5) is 2.35.